The number of carbonyl (C=O) groups excluding carboxylic acids is 1. The van der Waals surface area contributed by atoms with E-state index in [1.165, 1.54) is 18.2 Å². The quantitative estimate of drug-likeness (QED) is 0.360. The van der Waals surface area contributed by atoms with Crippen LogP contribution in [0, 0.1) is 5.82 Å². The van der Waals surface area contributed by atoms with E-state index in [0.29, 0.717) is 5.56 Å². The molecule has 5 nitrogen and oxygen atoms in total. The summed E-state index contributed by atoms with van der Waals surface area (Å²) in [5.74, 6) is -1.84. The number of benzene rings is 3. The largest absolute Gasteiger partial charge is 0.423 e. The summed E-state index contributed by atoms with van der Waals surface area (Å²) in [4.78, 5) is 11.2. The van der Waals surface area contributed by atoms with Crippen molar-refractivity contribution >= 4 is 44.9 Å². The predicted octanol–water partition coefficient (Wildman–Crippen LogP) is 5.92. The zero-order valence-corrected chi connectivity index (χ0v) is 18.0. The lowest BCUT2D eigenvalue weighted by Gasteiger charge is -2.15. The van der Waals surface area contributed by atoms with Crippen LogP contribution in [0.1, 0.15) is 13.3 Å². The molecule has 0 amide bonds. The fourth-order valence-electron chi connectivity index (χ4n) is 2.63. The number of sulfonamides is 1. The lowest BCUT2D eigenvalue weighted by atomic mass is 10.1. The molecule has 0 unspecified atom stereocenters. The Morgan fingerprint density at radius 2 is 1.73 bits per heavy atom. The SMILES string of the molecule is CCC(=O)Oc1c(Cl)cc(Cl)cc1S(=O)(=O)Nc1cc(-c2ccccc2)ccc1F. The molecule has 3 aromatic rings. The highest BCUT2D eigenvalue weighted by Crippen LogP contribution is 2.37. The molecular formula is C21H16Cl2FNO4S. The summed E-state index contributed by atoms with van der Waals surface area (Å²) in [6.45, 7) is 1.54. The van der Waals surface area contributed by atoms with Crippen LogP contribution >= 0.6 is 23.2 Å². The zero-order chi connectivity index (χ0) is 21.9. The van der Waals surface area contributed by atoms with E-state index in [9.17, 15) is 17.6 Å². The topological polar surface area (TPSA) is 72.5 Å². The van der Waals surface area contributed by atoms with Crippen LogP contribution < -0.4 is 9.46 Å². The number of esters is 1. The Balaban J connectivity index is 2.05. The standard InChI is InChI=1S/C21H16Cl2FNO4S/c1-2-20(26)29-21-16(23)11-15(22)12-19(21)30(27,28)25-18-10-14(8-9-17(18)24)13-6-4-3-5-7-13/h3-12,25H,2H2,1H3. The van der Waals surface area contributed by atoms with E-state index < -0.39 is 26.7 Å². The highest BCUT2D eigenvalue weighted by molar-refractivity contribution is 7.92. The van der Waals surface area contributed by atoms with Crippen LogP contribution in [0.4, 0.5) is 10.1 Å². The second-order valence-corrected chi connectivity index (χ2v) is 8.70. The number of hydrogen-bond donors (Lipinski definition) is 1. The third-order valence-electron chi connectivity index (χ3n) is 4.09. The van der Waals surface area contributed by atoms with E-state index >= 15 is 0 Å². The molecule has 3 rings (SSSR count). The number of rotatable bonds is 6. The fraction of sp³-hybridized carbons (Fsp3) is 0.0952. The Morgan fingerprint density at radius 1 is 1.03 bits per heavy atom. The molecule has 0 fully saturated rings. The van der Waals surface area contributed by atoms with Crippen molar-refractivity contribution in [2.75, 3.05) is 4.72 Å². The molecule has 0 aliphatic rings. The van der Waals surface area contributed by atoms with Crippen molar-refractivity contribution in [2.24, 2.45) is 0 Å². The summed E-state index contributed by atoms with van der Waals surface area (Å²) in [5.41, 5.74) is 1.11. The van der Waals surface area contributed by atoms with E-state index in [0.717, 1.165) is 17.7 Å². The van der Waals surface area contributed by atoms with Crippen molar-refractivity contribution in [3.8, 4) is 16.9 Å². The third-order valence-corrected chi connectivity index (χ3v) is 5.96. The van der Waals surface area contributed by atoms with E-state index in [2.05, 4.69) is 4.72 Å². The minimum atomic E-state index is -4.40. The minimum Gasteiger partial charge on any atom is -0.423 e. The zero-order valence-electron chi connectivity index (χ0n) is 15.7. The summed E-state index contributed by atoms with van der Waals surface area (Å²) in [7, 11) is -4.40. The van der Waals surface area contributed by atoms with Gasteiger partial charge in [0.05, 0.1) is 10.7 Å². The van der Waals surface area contributed by atoms with Gasteiger partial charge in [0.1, 0.15) is 10.7 Å². The van der Waals surface area contributed by atoms with Crippen LogP contribution in [0.15, 0.2) is 65.6 Å². The molecule has 1 N–H and O–H groups in total. The number of carbonyl (C=O) groups is 1. The van der Waals surface area contributed by atoms with Crippen LogP contribution in [0.25, 0.3) is 11.1 Å². The number of anilines is 1. The molecule has 0 saturated carbocycles. The average molecular weight is 468 g/mol. The van der Waals surface area contributed by atoms with Gasteiger partial charge in [-0.3, -0.25) is 9.52 Å². The average Bonchev–Trinajstić information content (AvgIpc) is 2.71. The number of hydrogen-bond acceptors (Lipinski definition) is 4. The smallest absolute Gasteiger partial charge is 0.310 e. The van der Waals surface area contributed by atoms with Gasteiger partial charge in [0.2, 0.25) is 0 Å². The lowest BCUT2D eigenvalue weighted by Crippen LogP contribution is -2.17. The molecule has 30 heavy (non-hydrogen) atoms. The predicted molar refractivity (Wildman–Crippen MR) is 115 cm³/mol. The normalized spacial score (nSPS) is 11.2. The maximum atomic E-state index is 14.4. The Morgan fingerprint density at radius 3 is 2.40 bits per heavy atom. The van der Waals surface area contributed by atoms with Crippen molar-refractivity contribution in [1.29, 1.82) is 0 Å². The monoisotopic (exact) mass is 467 g/mol. The van der Waals surface area contributed by atoms with E-state index in [1.54, 1.807) is 6.92 Å². The van der Waals surface area contributed by atoms with Gasteiger partial charge >= 0.3 is 5.97 Å². The summed E-state index contributed by atoms with van der Waals surface area (Å²) in [6, 6.07) is 15.5. The first kappa shape index (κ1) is 22.1. The molecule has 0 aliphatic heterocycles. The molecule has 0 spiro atoms. The molecule has 0 bridgehead atoms. The van der Waals surface area contributed by atoms with Crippen LogP contribution in [0.5, 0.6) is 5.75 Å². The highest BCUT2D eigenvalue weighted by atomic mass is 35.5. The molecule has 0 heterocycles. The molecule has 3 aromatic carbocycles. The van der Waals surface area contributed by atoms with Gasteiger partial charge < -0.3 is 4.74 Å². The molecule has 0 aromatic heterocycles. The van der Waals surface area contributed by atoms with Crippen LogP contribution in [0.3, 0.4) is 0 Å². The van der Waals surface area contributed by atoms with Gasteiger partial charge in [0.15, 0.2) is 5.75 Å². The van der Waals surface area contributed by atoms with Gasteiger partial charge in [-0.05, 0) is 35.4 Å². The van der Waals surface area contributed by atoms with Gasteiger partial charge in [-0.2, -0.15) is 0 Å². The summed E-state index contributed by atoms with van der Waals surface area (Å²) < 4.78 is 47.7. The molecular weight excluding hydrogens is 452 g/mol. The second-order valence-electron chi connectivity index (χ2n) is 6.21. The number of halogens is 3. The first-order valence-corrected chi connectivity index (χ1v) is 11.0. The fourth-order valence-corrected chi connectivity index (χ4v) is 4.52. The van der Waals surface area contributed by atoms with Crippen molar-refractivity contribution in [3.63, 3.8) is 0 Å². The molecule has 0 saturated heterocycles. The summed E-state index contributed by atoms with van der Waals surface area (Å²) in [6.07, 6.45) is -0.000376. The van der Waals surface area contributed by atoms with Crippen molar-refractivity contribution in [3.05, 3.63) is 76.5 Å². The van der Waals surface area contributed by atoms with Crippen LogP contribution in [-0.4, -0.2) is 14.4 Å². The number of nitrogens with one attached hydrogen (secondary N) is 1. The van der Waals surface area contributed by atoms with Crippen LogP contribution in [0.2, 0.25) is 10.0 Å². The summed E-state index contributed by atoms with van der Waals surface area (Å²) >= 11 is 12.0. The molecule has 0 atom stereocenters. The van der Waals surface area contributed by atoms with Gasteiger partial charge in [-0.1, -0.05) is 66.5 Å². The Kier molecular flexibility index (Phi) is 6.65. The molecule has 9 heteroatoms. The number of ether oxygens (including phenoxy) is 1. The molecule has 0 radical (unpaired) electrons. The van der Waals surface area contributed by atoms with Gasteiger partial charge in [-0.15, -0.1) is 0 Å². The molecule has 156 valence electrons. The minimum absolute atomic E-state index is 0.000376. The Bertz CT molecular complexity index is 1200. The van der Waals surface area contributed by atoms with Crippen LogP contribution in [-0.2, 0) is 14.8 Å². The Hall–Kier alpha value is -2.61. The van der Waals surface area contributed by atoms with Crippen molar-refractivity contribution in [2.45, 2.75) is 18.2 Å². The van der Waals surface area contributed by atoms with E-state index in [-0.39, 0.29) is 27.9 Å². The van der Waals surface area contributed by atoms with Gasteiger partial charge in [-0.25, -0.2) is 12.8 Å². The van der Waals surface area contributed by atoms with E-state index in [4.69, 9.17) is 27.9 Å². The van der Waals surface area contributed by atoms with Crippen molar-refractivity contribution in [1.82, 2.24) is 0 Å². The van der Waals surface area contributed by atoms with Gasteiger partial charge in [0, 0.05) is 11.4 Å². The first-order valence-electron chi connectivity index (χ1n) is 8.78. The first-order chi connectivity index (χ1) is 14.2. The van der Waals surface area contributed by atoms with Gasteiger partial charge in [0.25, 0.3) is 10.0 Å². The maximum absolute atomic E-state index is 14.4. The van der Waals surface area contributed by atoms with E-state index in [1.807, 2.05) is 30.3 Å². The molecule has 0 aliphatic carbocycles. The second kappa shape index (κ2) is 9.04. The highest BCUT2D eigenvalue weighted by Gasteiger charge is 2.26. The lowest BCUT2D eigenvalue weighted by molar-refractivity contribution is -0.134. The third kappa shape index (κ3) is 4.92. The van der Waals surface area contributed by atoms with Crippen molar-refractivity contribution < 1.29 is 22.3 Å². The maximum Gasteiger partial charge on any atom is 0.310 e. The summed E-state index contributed by atoms with van der Waals surface area (Å²) in [5, 5.41) is -0.154. The Labute approximate surface area is 183 Å².